The summed E-state index contributed by atoms with van der Waals surface area (Å²) in [5.41, 5.74) is 2.92. The molecule has 3 nitrogen and oxygen atoms in total. The largest absolute Gasteiger partial charge is 0.361 e. The fourth-order valence-corrected chi connectivity index (χ4v) is 3.24. The SMILES string of the molecule is O=C(Cc1ccc(Cl)cc1Cl)NCCc1c[nH]c2ccc(Cl)cc12. The zero-order valence-corrected chi connectivity index (χ0v) is 15.0. The molecule has 0 aliphatic heterocycles. The number of aromatic amines is 1. The van der Waals surface area contributed by atoms with Crippen molar-refractivity contribution in [3.05, 3.63) is 68.8 Å². The molecule has 2 aromatic carbocycles. The average molecular weight is 382 g/mol. The molecular formula is C18H15Cl3N2O. The summed E-state index contributed by atoms with van der Waals surface area (Å²) in [6.45, 7) is 0.545. The Bertz CT molecular complexity index is 889. The summed E-state index contributed by atoms with van der Waals surface area (Å²) < 4.78 is 0. The lowest BCUT2D eigenvalue weighted by Crippen LogP contribution is -2.27. The first-order valence-corrected chi connectivity index (χ1v) is 8.62. The molecule has 1 heterocycles. The third-order valence-electron chi connectivity index (χ3n) is 3.81. The van der Waals surface area contributed by atoms with Crippen molar-refractivity contribution in [3.63, 3.8) is 0 Å². The first kappa shape index (κ1) is 17.2. The molecule has 124 valence electrons. The number of halogens is 3. The van der Waals surface area contributed by atoms with Crippen LogP contribution in [-0.2, 0) is 17.6 Å². The molecule has 0 bridgehead atoms. The Labute approximate surface area is 154 Å². The van der Waals surface area contributed by atoms with Gasteiger partial charge in [0, 0.05) is 38.7 Å². The van der Waals surface area contributed by atoms with Gasteiger partial charge in [-0.2, -0.15) is 0 Å². The number of rotatable bonds is 5. The van der Waals surface area contributed by atoms with Crippen molar-refractivity contribution in [1.29, 1.82) is 0 Å². The van der Waals surface area contributed by atoms with Gasteiger partial charge in [-0.3, -0.25) is 4.79 Å². The normalized spacial score (nSPS) is 11.0. The van der Waals surface area contributed by atoms with Gasteiger partial charge in [0.2, 0.25) is 5.91 Å². The van der Waals surface area contributed by atoms with Crippen LogP contribution in [0, 0.1) is 0 Å². The van der Waals surface area contributed by atoms with Crippen LogP contribution in [0.3, 0.4) is 0 Å². The van der Waals surface area contributed by atoms with E-state index in [1.54, 1.807) is 18.2 Å². The molecule has 1 aromatic heterocycles. The van der Waals surface area contributed by atoms with E-state index in [1.165, 1.54) is 0 Å². The zero-order valence-electron chi connectivity index (χ0n) is 12.7. The Morgan fingerprint density at radius 1 is 1.00 bits per heavy atom. The summed E-state index contributed by atoms with van der Waals surface area (Å²) in [5.74, 6) is -0.0721. The van der Waals surface area contributed by atoms with Crippen LogP contribution in [0.15, 0.2) is 42.6 Å². The van der Waals surface area contributed by atoms with Gasteiger partial charge >= 0.3 is 0 Å². The van der Waals surface area contributed by atoms with E-state index in [0.29, 0.717) is 21.6 Å². The van der Waals surface area contributed by atoms with Crippen molar-refractivity contribution in [2.45, 2.75) is 12.8 Å². The smallest absolute Gasteiger partial charge is 0.224 e. The molecule has 3 rings (SSSR count). The lowest BCUT2D eigenvalue weighted by Gasteiger charge is -2.07. The Kier molecular flexibility index (Phi) is 5.34. The highest BCUT2D eigenvalue weighted by atomic mass is 35.5. The van der Waals surface area contributed by atoms with Crippen molar-refractivity contribution in [2.24, 2.45) is 0 Å². The molecule has 2 N–H and O–H groups in total. The second-order valence-corrected chi connectivity index (χ2v) is 6.80. The third kappa shape index (κ3) is 4.04. The Balaban J connectivity index is 1.57. The fourth-order valence-electron chi connectivity index (χ4n) is 2.59. The molecule has 24 heavy (non-hydrogen) atoms. The van der Waals surface area contributed by atoms with E-state index in [0.717, 1.165) is 28.5 Å². The van der Waals surface area contributed by atoms with Gasteiger partial charge in [-0.25, -0.2) is 0 Å². The lowest BCUT2D eigenvalue weighted by molar-refractivity contribution is -0.120. The van der Waals surface area contributed by atoms with Gasteiger partial charge in [0.15, 0.2) is 0 Å². The summed E-state index contributed by atoms with van der Waals surface area (Å²) in [4.78, 5) is 15.3. The van der Waals surface area contributed by atoms with Crippen LogP contribution >= 0.6 is 34.8 Å². The summed E-state index contributed by atoms with van der Waals surface area (Å²) in [5, 5.41) is 5.75. The summed E-state index contributed by atoms with van der Waals surface area (Å²) >= 11 is 18.0. The summed E-state index contributed by atoms with van der Waals surface area (Å²) in [6, 6.07) is 10.9. The van der Waals surface area contributed by atoms with E-state index in [9.17, 15) is 4.79 Å². The minimum atomic E-state index is -0.0721. The summed E-state index contributed by atoms with van der Waals surface area (Å²) in [7, 11) is 0. The lowest BCUT2D eigenvalue weighted by atomic mass is 10.1. The number of carbonyl (C=O) groups excluding carboxylic acids is 1. The van der Waals surface area contributed by atoms with Gasteiger partial charge in [0.25, 0.3) is 0 Å². The molecule has 0 unspecified atom stereocenters. The topological polar surface area (TPSA) is 44.9 Å². The van der Waals surface area contributed by atoms with Gasteiger partial charge in [-0.05, 0) is 47.9 Å². The minimum Gasteiger partial charge on any atom is -0.361 e. The van der Waals surface area contributed by atoms with Crippen LogP contribution in [0.5, 0.6) is 0 Å². The molecule has 0 saturated heterocycles. The third-order valence-corrected chi connectivity index (χ3v) is 4.63. The van der Waals surface area contributed by atoms with E-state index in [1.807, 2.05) is 24.4 Å². The number of amides is 1. The van der Waals surface area contributed by atoms with Crippen LogP contribution in [0.1, 0.15) is 11.1 Å². The first-order chi connectivity index (χ1) is 11.5. The predicted octanol–water partition coefficient (Wildman–Crippen LogP) is 5.03. The maximum absolute atomic E-state index is 12.1. The van der Waals surface area contributed by atoms with E-state index in [2.05, 4.69) is 10.3 Å². The second kappa shape index (κ2) is 7.47. The highest BCUT2D eigenvalue weighted by Crippen LogP contribution is 2.23. The van der Waals surface area contributed by atoms with E-state index < -0.39 is 0 Å². The van der Waals surface area contributed by atoms with Crippen LogP contribution < -0.4 is 5.32 Å². The molecule has 0 aliphatic carbocycles. The van der Waals surface area contributed by atoms with Crippen molar-refractivity contribution in [3.8, 4) is 0 Å². The van der Waals surface area contributed by atoms with Crippen LogP contribution in [0.25, 0.3) is 10.9 Å². The Hall–Kier alpha value is -1.68. The molecular weight excluding hydrogens is 367 g/mol. The molecule has 0 spiro atoms. The highest BCUT2D eigenvalue weighted by molar-refractivity contribution is 6.35. The minimum absolute atomic E-state index is 0.0721. The van der Waals surface area contributed by atoms with E-state index >= 15 is 0 Å². The average Bonchev–Trinajstić information content (AvgIpc) is 2.92. The maximum atomic E-state index is 12.1. The van der Waals surface area contributed by atoms with Crippen molar-refractivity contribution < 1.29 is 4.79 Å². The quantitative estimate of drug-likeness (QED) is 0.639. The van der Waals surface area contributed by atoms with Gasteiger partial charge in [0.05, 0.1) is 6.42 Å². The standard InChI is InChI=1S/C18H15Cl3N2O/c19-13-3-4-17-15(8-13)12(10-23-17)5-6-22-18(24)7-11-1-2-14(20)9-16(11)21/h1-4,8-10,23H,5-7H2,(H,22,24). The number of carbonyl (C=O) groups is 1. The Morgan fingerprint density at radius 3 is 2.54 bits per heavy atom. The molecule has 0 radical (unpaired) electrons. The molecule has 3 aromatic rings. The van der Waals surface area contributed by atoms with E-state index in [4.69, 9.17) is 34.8 Å². The van der Waals surface area contributed by atoms with E-state index in [-0.39, 0.29) is 12.3 Å². The predicted molar refractivity (Wildman–Crippen MR) is 100 cm³/mol. The van der Waals surface area contributed by atoms with Crippen LogP contribution in [-0.4, -0.2) is 17.4 Å². The number of hydrogen-bond donors (Lipinski definition) is 2. The van der Waals surface area contributed by atoms with Crippen molar-refractivity contribution in [1.82, 2.24) is 10.3 Å². The number of hydrogen-bond acceptors (Lipinski definition) is 1. The van der Waals surface area contributed by atoms with Crippen molar-refractivity contribution in [2.75, 3.05) is 6.54 Å². The monoisotopic (exact) mass is 380 g/mol. The van der Waals surface area contributed by atoms with Crippen LogP contribution in [0.4, 0.5) is 0 Å². The van der Waals surface area contributed by atoms with Crippen LogP contribution in [0.2, 0.25) is 15.1 Å². The number of benzene rings is 2. The number of nitrogens with one attached hydrogen (secondary N) is 2. The number of fused-ring (bicyclic) bond motifs is 1. The molecule has 6 heteroatoms. The zero-order chi connectivity index (χ0) is 17.1. The molecule has 0 fully saturated rings. The maximum Gasteiger partial charge on any atom is 0.224 e. The van der Waals surface area contributed by atoms with Gasteiger partial charge in [-0.1, -0.05) is 40.9 Å². The molecule has 0 saturated carbocycles. The molecule has 1 amide bonds. The first-order valence-electron chi connectivity index (χ1n) is 7.49. The molecule has 0 aliphatic rings. The fraction of sp³-hybridized carbons (Fsp3) is 0.167. The number of H-pyrrole nitrogens is 1. The van der Waals surface area contributed by atoms with Gasteiger partial charge < -0.3 is 10.3 Å². The number of aromatic nitrogens is 1. The van der Waals surface area contributed by atoms with Gasteiger partial charge in [0.1, 0.15) is 0 Å². The highest BCUT2D eigenvalue weighted by Gasteiger charge is 2.09. The second-order valence-electron chi connectivity index (χ2n) is 5.52. The molecule has 0 atom stereocenters. The van der Waals surface area contributed by atoms with Gasteiger partial charge in [-0.15, -0.1) is 0 Å². The summed E-state index contributed by atoms with van der Waals surface area (Å²) in [6.07, 6.45) is 2.90. The Morgan fingerprint density at radius 2 is 1.75 bits per heavy atom. The van der Waals surface area contributed by atoms with Crippen molar-refractivity contribution >= 4 is 51.6 Å².